The molecule has 5 nitrogen and oxygen atoms in total. The van der Waals surface area contributed by atoms with Gasteiger partial charge in [-0.25, -0.2) is 4.98 Å². The maximum Gasteiger partial charge on any atom is 0.159 e. The predicted molar refractivity (Wildman–Crippen MR) is 92.0 cm³/mol. The molecule has 1 aliphatic rings. The molecule has 3 rings (SSSR count). The van der Waals surface area contributed by atoms with Crippen LogP contribution in [0.15, 0.2) is 43.0 Å². The van der Waals surface area contributed by atoms with Gasteiger partial charge in [-0.1, -0.05) is 35.3 Å². The molecule has 2 aromatic rings. The zero-order valence-corrected chi connectivity index (χ0v) is 14.6. The van der Waals surface area contributed by atoms with Crippen molar-refractivity contribution in [2.45, 2.75) is 43.3 Å². The molecule has 1 fully saturated rings. The van der Waals surface area contributed by atoms with Crippen molar-refractivity contribution in [1.82, 2.24) is 9.55 Å². The second kappa shape index (κ2) is 8.32. The first-order valence-electron chi connectivity index (χ1n) is 7.96. The summed E-state index contributed by atoms with van der Waals surface area (Å²) < 4.78 is 13.8. The lowest BCUT2D eigenvalue weighted by Crippen LogP contribution is -2.34. The standard InChI is InChI=1S/C17H20Cl2N2O3/c18-13-6-4-12(5-7-13)16(17(19)21-9-8-20-11-21)24-15-3-1-2-14(10-22)23-15/h4-9,11,14-17,22H,1-3,10H2. The van der Waals surface area contributed by atoms with Gasteiger partial charge in [-0.05, 0) is 37.0 Å². The number of ether oxygens (including phenoxy) is 2. The third-order valence-corrected chi connectivity index (χ3v) is 4.78. The summed E-state index contributed by atoms with van der Waals surface area (Å²) in [7, 11) is 0. The van der Waals surface area contributed by atoms with Crippen molar-refractivity contribution in [2.75, 3.05) is 6.61 Å². The minimum atomic E-state index is -0.480. The Balaban J connectivity index is 1.80. The average molecular weight is 371 g/mol. The number of aliphatic hydroxyl groups is 1. The number of hydrogen-bond donors (Lipinski definition) is 1. The molecule has 24 heavy (non-hydrogen) atoms. The second-order valence-electron chi connectivity index (χ2n) is 5.79. The van der Waals surface area contributed by atoms with Crippen LogP contribution in [0.25, 0.3) is 0 Å². The highest BCUT2D eigenvalue weighted by Crippen LogP contribution is 2.36. The van der Waals surface area contributed by atoms with Gasteiger partial charge in [-0.3, -0.25) is 0 Å². The molecule has 0 spiro atoms. The highest BCUT2D eigenvalue weighted by Gasteiger charge is 2.30. The Kier molecular flexibility index (Phi) is 6.14. The Morgan fingerprint density at radius 2 is 2.12 bits per heavy atom. The molecule has 1 aromatic heterocycles. The molecule has 0 amide bonds. The van der Waals surface area contributed by atoms with Crippen LogP contribution in [0.1, 0.15) is 36.4 Å². The molecule has 2 heterocycles. The van der Waals surface area contributed by atoms with E-state index in [2.05, 4.69) is 4.98 Å². The van der Waals surface area contributed by atoms with Crippen molar-refractivity contribution in [2.24, 2.45) is 0 Å². The molecule has 1 aliphatic heterocycles. The quantitative estimate of drug-likeness (QED) is 0.782. The predicted octanol–water partition coefficient (Wildman–Crippen LogP) is 3.92. The molecule has 0 radical (unpaired) electrons. The molecule has 1 aromatic carbocycles. The first-order valence-corrected chi connectivity index (χ1v) is 8.77. The number of nitrogens with zero attached hydrogens (tertiary/aromatic N) is 2. The number of aliphatic hydroxyl groups excluding tert-OH is 1. The Labute approximate surface area is 151 Å². The lowest BCUT2D eigenvalue weighted by molar-refractivity contribution is -0.225. The van der Waals surface area contributed by atoms with Gasteiger partial charge >= 0.3 is 0 Å². The molecule has 4 unspecified atom stereocenters. The fraction of sp³-hybridized carbons (Fsp3) is 0.471. The Hall–Kier alpha value is -1.11. The monoisotopic (exact) mass is 370 g/mol. The first-order chi connectivity index (χ1) is 11.7. The van der Waals surface area contributed by atoms with Gasteiger partial charge in [0, 0.05) is 17.4 Å². The molecule has 1 N–H and O–H groups in total. The molecule has 4 atom stereocenters. The molecule has 0 bridgehead atoms. The third kappa shape index (κ3) is 4.29. The van der Waals surface area contributed by atoms with Crippen LogP contribution in [-0.2, 0) is 9.47 Å². The van der Waals surface area contributed by atoms with E-state index in [1.165, 1.54) is 0 Å². The minimum Gasteiger partial charge on any atom is -0.394 e. The van der Waals surface area contributed by atoms with Gasteiger partial charge < -0.3 is 19.1 Å². The van der Waals surface area contributed by atoms with Crippen LogP contribution in [0.2, 0.25) is 5.02 Å². The molecule has 1 saturated heterocycles. The van der Waals surface area contributed by atoms with Gasteiger partial charge in [0.25, 0.3) is 0 Å². The van der Waals surface area contributed by atoms with E-state index in [0.29, 0.717) is 5.02 Å². The van der Waals surface area contributed by atoms with Crippen molar-refractivity contribution in [1.29, 1.82) is 0 Å². The van der Waals surface area contributed by atoms with Crippen LogP contribution in [0.5, 0.6) is 0 Å². The van der Waals surface area contributed by atoms with Crippen molar-refractivity contribution >= 4 is 23.2 Å². The Morgan fingerprint density at radius 1 is 1.33 bits per heavy atom. The van der Waals surface area contributed by atoms with E-state index in [1.807, 2.05) is 24.3 Å². The molecule has 0 aliphatic carbocycles. The average Bonchev–Trinajstić information content (AvgIpc) is 3.15. The van der Waals surface area contributed by atoms with E-state index in [-0.39, 0.29) is 12.7 Å². The first kappa shape index (κ1) is 17.7. The summed E-state index contributed by atoms with van der Waals surface area (Å²) in [6.45, 7) is -0.00268. The van der Waals surface area contributed by atoms with Gasteiger partial charge in [0.1, 0.15) is 11.6 Å². The zero-order valence-electron chi connectivity index (χ0n) is 13.1. The topological polar surface area (TPSA) is 56.5 Å². The van der Waals surface area contributed by atoms with E-state index in [1.54, 1.807) is 23.3 Å². The maximum atomic E-state index is 9.32. The number of halogens is 2. The molecule has 0 saturated carbocycles. The van der Waals surface area contributed by atoms with Crippen molar-refractivity contribution in [3.63, 3.8) is 0 Å². The van der Waals surface area contributed by atoms with Crippen LogP contribution >= 0.6 is 23.2 Å². The summed E-state index contributed by atoms with van der Waals surface area (Å²) in [5.74, 6) is 0. The van der Waals surface area contributed by atoms with E-state index in [4.69, 9.17) is 32.7 Å². The lowest BCUT2D eigenvalue weighted by atomic mass is 10.1. The summed E-state index contributed by atoms with van der Waals surface area (Å²) in [6.07, 6.45) is 6.67. The Bertz CT molecular complexity index is 621. The van der Waals surface area contributed by atoms with E-state index >= 15 is 0 Å². The number of rotatable bonds is 6. The normalized spacial score (nSPS) is 23.8. The molecular weight excluding hydrogens is 351 g/mol. The number of benzene rings is 1. The van der Waals surface area contributed by atoms with Gasteiger partial charge in [-0.2, -0.15) is 0 Å². The molecular formula is C17H20Cl2N2O3. The van der Waals surface area contributed by atoms with E-state index < -0.39 is 17.9 Å². The van der Waals surface area contributed by atoms with Crippen molar-refractivity contribution in [3.05, 3.63) is 53.6 Å². The molecule has 7 heteroatoms. The number of aromatic nitrogens is 2. The Morgan fingerprint density at radius 3 is 2.79 bits per heavy atom. The van der Waals surface area contributed by atoms with Gasteiger partial charge in [0.15, 0.2) is 6.29 Å². The van der Waals surface area contributed by atoms with Crippen molar-refractivity contribution in [3.8, 4) is 0 Å². The van der Waals surface area contributed by atoms with E-state index in [0.717, 1.165) is 24.8 Å². The number of alkyl halides is 1. The fourth-order valence-electron chi connectivity index (χ4n) is 2.79. The zero-order chi connectivity index (χ0) is 16.9. The third-order valence-electron chi connectivity index (χ3n) is 4.07. The van der Waals surface area contributed by atoms with Crippen LogP contribution in [0, 0.1) is 0 Å². The summed E-state index contributed by atoms with van der Waals surface area (Å²) in [5.41, 5.74) is 0.426. The summed E-state index contributed by atoms with van der Waals surface area (Å²) in [4.78, 5) is 4.04. The van der Waals surface area contributed by atoms with Crippen molar-refractivity contribution < 1.29 is 14.6 Å². The minimum absolute atomic E-state index is 0.00268. The number of imidazole rings is 1. The van der Waals surface area contributed by atoms with Gasteiger partial charge in [-0.15, -0.1) is 0 Å². The van der Waals surface area contributed by atoms with E-state index in [9.17, 15) is 5.11 Å². The number of hydrogen-bond acceptors (Lipinski definition) is 4. The lowest BCUT2D eigenvalue weighted by Gasteiger charge is -2.33. The molecule has 130 valence electrons. The highest BCUT2D eigenvalue weighted by atomic mass is 35.5. The van der Waals surface area contributed by atoms with Gasteiger partial charge in [0.05, 0.1) is 19.0 Å². The maximum absolute atomic E-state index is 9.32. The largest absolute Gasteiger partial charge is 0.394 e. The van der Waals surface area contributed by atoms with Gasteiger partial charge in [0.2, 0.25) is 0 Å². The summed E-state index contributed by atoms with van der Waals surface area (Å²) >= 11 is 12.6. The van der Waals surface area contributed by atoms with Crippen LogP contribution < -0.4 is 0 Å². The van der Waals surface area contributed by atoms with Crippen LogP contribution in [0.3, 0.4) is 0 Å². The van der Waals surface area contributed by atoms with Crippen LogP contribution in [-0.4, -0.2) is 33.7 Å². The second-order valence-corrected chi connectivity index (χ2v) is 6.68. The van der Waals surface area contributed by atoms with Crippen LogP contribution in [0.4, 0.5) is 0 Å². The SMILES string of the molecule is OCC1CCCC(OC(c2ccc(Cl)cc2)C(Cl)n2ccnc2)O1. The highest BCUT2D eigenvalue weighted by molar-refractivity contribution is 6.30. The smallest absolute Gasteiger partial charge is 0.159 e. The summed E-state index contributed by atoms with van der Waals surface area (Å²) in [5, 5.41) is 9.97. The summed E-state index contributed by atoms with van der Waals surface area (Å²) in [6, 6.07) is 7.41. The fourth-order valence-corrected chi connectivity index (χ4v) is 3.23.